The van der Waals surface area contributed by atoms with E-state index in [1.165, 1.54) is 10.8 Å². The number of hydrogen-bond acceptors (Lipinski definition) is 3. The summed E-state index contributed by atoms with van der Waals surface area (Å²) in [6.45, 7) is 4.16. The van der Waals surface area contributed by atoms with Gasteiger partial charge in [0.15, 0.2) is 0 Å². The summed E-state index contributed by atoms with van der Waals surface area (Å²) in [7, 11) is 0. The maximum absolute atomic E-state index is 5.86. The molecule has 0 unspecified atom stereocenters. The molecule has 2 aromatic carbocycles. The zero-order chi connectivity index (χ0) is 12.9. The Hall–Kier alpha value is -1.42. The molecule has 5 rings (SSSR count). The molecule has 0 saturated carbocycles. The Bertz CT molecular complexity index is 610. The van der Waals surface area contributed by atoms with Crippen molar-refractivity contribution in [2.45, 2.75) is 12.9 Å². The van der Waals surface area contributed by atoms with Crippen LogP contribution in [0.15, 0.2) is 42.5 Å². The second-order valence-electron chi connectivity index (χ2n) is 5.79. The minimum Gasteiger partial charge on any atom is -0.323 e. The first-order valence-corrected chi connectivity index (χ1v) is 6.60. The molecule has 0 spiro atoms. The van der Waals surface area contributed by atoms with E-state index in [-0.39, 0.29) is 5.41 Å². The number of rotatable bonds is 1. The maximum Gasteiger partial charge on any atom is 0.312 e. The zero-order valence-electron chi connectivity index (χ0n) is 10.9. The number of benzene rings is 2. The molecule has 0 aromatic heterocycles. The van der Waals surface area contributed by atoms with Crippen LogP contribution in [0.1, 0.15) is 12.5 Å². The summed E-state index contributed by atoms with van der Waals surface area (Å²) in [6, 6.07) is 14.4. The molecule has 98 valence electrons. The van der Waals surface area contributed by atoms with Gasteiger partial charge in [0.1, 0.15) is 0 Å². The Morgan fingerprint density at radius 2 is 1.47 bits per heavy atom. The quantitative estimate of drug-likeness (QED) is 0.785. The van der Waals surface area contributed by atoms with Crippen molar-refractivity contribution in [3.63, 3.8) is 0 Å². The van der Waals surface area contributed by atoms with Crippen LogP contribution in [0.5, 0.6) is 0 Å². The lowest BCUT2D eigenvalue weighted by molar-refractivity contribution is -0.477. The molecule has 0 amide bonds. The van der Waals surface area contributed by atoms with E-state index in [0.29, 0.717) is 19.8 Å². The van der Waals surface area contributed by atoms with Gasteiger partial charge in [-0.3, -0.25) is 0 Å². The number of ether oxygens (including phenoxy) is 3. The van der Waals surface area contributed by atoms with Crippen molar-refractivity contribution in [3.05, 3.63) is 48.0 Å². The van der Waals surface area contributed by atoms with Crippen LogP contribution < -0.4 is 0 Å². The fourth-order valence-corrected chi connectivity index (χ4v) is 2.69. The maximum atomic E-state index is 5.86. The molecule has 3 fully saturated rings. The Kier molecular flexibility index (Phi) is 2.28. The Morgan fingerprint density at radius 1 is 0.842 bits per heavy atom. The summed E-state index contributed by atoms with van der Waals surface area (Å²) in [4.78, 5) is 0. The molecule has 3 saturated heterocycles. The highest BCUT2D eigenvalue weighted by Crippen LogP contribution is 2.44. The van der Waals surface area contributed by atoms with Gasteiger partial charge in [-0.1, -0.05) is 43.3 Å². The van der Waals surface area contributed by atoms with Crippen LogP contribution in [-0.2, 0) is 20.2 Å². The predicted octanol–water partition coefficient (Wildman–Crippen LogP) is 3.03. The third-order valence-corrected chi connectivity index (χ3v) is 3.93. The van der Waals surface area contributed by atoms with Crippen LogP contribution in [0.3, 0.4) is 0 Å². The largest absolute Gasteiger partial charge is 0.323 e. The normalized spacial score (nSPS) is 33.7. The molecule has 0 atom stereocenters. The Morgan fingerprint density at radius 3 is 2.16 bits per heavy atom. The van der Waals surface area contributed by atoms with E-state index in [4.69, 9.17) is 14.2 Å². The van der Waals surface area contributed by atoms with Crippen LogP contribution in [0.4, 0.5) is 0 Å². The standard InChI is InChI=1S/C16H16O3/c1-15-9-17-16(18-10-15,19-11-15)14-7-6-12-4-2-3-5-13(12)8-14/h2-8H,9-11H2,1H3. The van der Waals surface area contributed by atoms with E-state index in [9.17, 15) is 0 Å². The molecule has 0 N–H and O–H groups in total. The van der Waals surface area contributed by atoms with Crippen molar-refractivity contribution < 1.29 is 14.2 Å². The molecular weight excluding hydrogens is 240 g/mol. The van der Waals surface area contributed by atoms with E-state index in [1.807, 2.05) is 18.2 Å². The molecule has 0 radical (unpaired) electrons. The van der Waals surface area contributed by atoms with Crippen molar-refractivity contribution >= 4 is 10.8 Å². The summed E-state index contributed by atoms with van der Waals surface area (Å²) in [6.07, 6.45) is 0. The topological polar surface area (TPSA) is 27.7 Å². The van der Waals surface area contributed by atoms with Crippen molar-refractivity contribution in [2.24, 2.45) is 5.41 Å². The highest BCUT2D eigenvalue weighted by molar-refractivity contribution is 5.83. The third-order valence-electron chi connectivity index (χ3n) is 3.93. The molecular formula is C16H16O3. The first kappa shape index (κ1) is 11.4. The van der Waals surface area contributed by atoms with Crippen molar-refractivity contribution in [1.82, 2.24) is 0 Å². The highest BCUT2D eigenvalue weighted by atomic mass is 16.9. The van der Waals surface area contributed by atoms with Crippen molar-refractivity contribution in [1.29, 1.82) is 0 Å². The number of hydrogen-bond donors (Lipinski definition) is 0. The lowest BCUT2D eigenvalue weighted by atomic mass is 9.91. The molecule has 0 aliphatic carbocycles. The molecule has 3 heterocycles. The third kappa shape index (κ3) is 1.70. The molecule has 3 heteroatoms. The van der Waals surface area contributed by atoms with Crippen LogP contribution in [-0.4, -0.2) is 19.8 Å². The molecule has 2 aromatic rings. The zero-order valence-corrected chi connectivity index (χ0v) is 10.9. The van der Waals surface area contributed by atoms with Gasteiger partial charge in [-0.15, -0.1) is 0 Å². The van der Waals surface area contributed by atoms with Crippen molar-refractivity contribution in [2.75, 3.05) is 19.8 Å². The predicted molar refractivity (Wildman–Crippen MR) is 71.6 cm³/mol. The molecule has 19 heavy (non-hydrogen) atoms. The summed E-state index contributed by atoms with van der Waals surface area (Å²) in [5, 5.41) is 2.38. The van der Waals surface area contributed by atoms with E-state index in [1.54, 1.807) is 0 Å². The van der Waals surface area contributed by atoms with Crippen LogP contribution >= 0.6 is 0 Å². The van der Waals surface area contributed by atoms with Gasteiger partial charge in [-0.2, -0.15) is 0 Å². The number of fused-ring (bicyclic) bond motifs is 4. The molecule has 2 bridgehead atoms. The molecule has 3 aliphatic heterocycles. The fourth-order valence-electron chi connectivity index (χ4n) is 2.69. The van der Waals surface area contributed by atoms with E-state index in [2.05, 4.69) is 31.2 Å². The second kappa shape index (κ2) is 3.79. The SMILES string of the molecule is CC12COC(c3ccc4ccccc4c3)(OC1)OC2. The minimum absolute atomic E-state index is 0.00139. The summed E-state index contributed by atoms with van der Waals surface area (Å²) in [5.41, 5.74) is 0.937. The van der Waals surface area contributed by atoms with Crippen LogP contribution in [0, 0.1) is 5.41 Å². The minimum atomic E-state index is -0.998. The van der Waals surface area contributed by atoms with Crippen LogP contribution in [0.25, 0.3) is 10.8 Å². The molecule has 3 aliphatic rings. The smallest absolute Gasteiger partial charge is 0.312 e. The summed E-state index contributed by atoms with van der Waals surface area (Å²) in [5.74, 6) is -0.998. The Labute approximate surface area is 112 Å². The molecule has 3 nitrogen and oxygen atoms in total. The first-order valence-electron chi connectivity index (χ1n) is 6.60. The fraction of sp³-hybridized carbons (Fsp3) is 0.375. The second-order valence-corrected chi connectivity index (χ2v) is 5.79. The monoisotopic (exact) mass is 256 g/mol. The van der Waals surface area contributed by atoms with E-state index < -0.39 is 5.97 Å². The van der Waals surface area contributed by atoms with Gasteiger partial charge in [0.2, 0.25) is 0 Å². The lowest BCUT2D eigenvalue weighted by Crippen LogP contribution is -2.57. The van der Waals surface area contributed by atoms with E-state index >= 15 is 0 Å². The van der Waals surface area contributed by atoms with Gasteiger partial charge < -0.3 is 14.2 Å². The average Bonchev–Trinajstić information content (AvgIpc) is 2.48. The van der Waals surface area contributed by atoms with Gasteiger partial charge in [0.25, 0.3) is 0 Å². The van der Waals surface area contributed by atoms with Gasteiger partial charge in [0, 0.05) is 11.0 Å². The Balaban J connectivity index is 1.78. The lowest BCUT2D eigenvalue weighted by Gasteiger charge is -2.50. The van der Waals surface area contributed by atoms with Crippen LogP contribution in [0.2, 0.25) is 0 Å². The van der Waals surface area contributed by atoms with Gasteiger partial charge in [-0.25, -0.2) is 0 Å². The first-order chi connectivity index (χ1) is 9.19. The summed E-state index contributed by atoms with van der Waals surface area (Å²) >= 11 is 0. The highest BCUT2D eigenvalue weighted by Gasteiger charge is 2.51. The summed E-state index contributed by atoms with van der Waals surface area (Å²) < 4.78 is 17.6. The van der Waals surface area contributed by atoms with Gasteiger partial charge in [-0.05, 0) is 16.8 Å². The average molecular weight is 256 g/mol. The van der Waals surface area contributed by atoms with Gasteiger partial charge >= 0.3 is 5.97 Å². The van der Waals surface area contributed by atoms with Gasteiger partial charge in [0.05, 0.1) is 19.8 Å². The van der Waals surface area contributed by atoms with Crippen molar-refractivity contribution in [3.8, 4) is 0 Å². The van der Waals surface area contributed by atoms with E-state index in [0.717, 1.165) is 5.56 Å².